The Balaban J connectivity index is 1.79. The van der Waals surface area contributed by atoms with Crippen molar-refractivity contribution in [2.45, 2.75) is 39.2 Å². The molecular formula is C17H26N2O. The van der Waals surface area contributed by atoms with Crippen LogP contribution in [-0.4, -0.2) is 36.5 Å². The van der Waals surface area contributed by atoms with E-state index in [-0.39, 0.29) is 11.9 Å². The molecule has 0 aromatic heterocycles. The third-order valence-electron chi connectivity index (χ3n) is 4.29. The van der Waals surface area contributed by atoms with E-state index in [0.717, 1.165) is 19.0 Å². The fourth-order valence-electron chi connectivity index (χ4n) is 2.98. The number of nitrogens with zero attached hydrogens (tertiary/aromatic N) is 1. The first-order chi connectivity index (χ1) is 9.70. The molecule has 1 heterocycles. The number of nitrogens with one attached hydrogen (secondary N) is 1. The fourth-order valence-corrected chi connectivity index (χ4v) is 2.98. The second-order valence-corrected chi connectivity index (χ2v) is 5.74. The van der Waals surface area contributed by atoms with Gasteiger partial charge in [-0.25, -0.2) is 0 Å². The van der Waals surface area contributed by atoms with Crippen LogP contribution in [0.15, 0.2) is 30.3 Å². The van der Waals surface area contributed by atoms with Crippen molar-refractivity contribution in [3.63, 3.8) is 0 Å². The molecule has 3 nitrogen and oxygen atoms in total. The Morgan fingerprint density at radius 2 is 1.95 bits per heavy atom. The van der Waals surface area contributed by atoms with Crippen LogP contribution >= 0.6 is 0 Å². The molecule has 0 saturated carbocycles. The molecule has 1 fully saturated rings. The summed E-state index contributed by atoms with van der Waals surface area (Å²) in [5, 5.41) is 2.91. The highest BCUT2D eigenvalue weighted by Crippen LogP contribution is 2.22. The van der Waals surface area contributed by atoms with E-state index in [1.165, 1.54) is 24.8 Å². The molecule has 1 aromatic rings. The second-order valence-electron chi connectivity index (χ2n) is 5.74. The average molecular weight is 274 g/mol. The zero-order chi connectivity index (χ0) is 14.4. The Kier molecular flexibility index (Phi) is 5.60. The van der Waals surface area contributed by atoms with Crippen LogP contribution in [0.3, 0.4) is 0 Å². The maximum atomic E-state index is 11.9. The van der Waals surface area contributed by atoms with Gasteiger partial charge in [0, 0.05) is 6.54 Å². The van der Waals surface area contributed by atoms with Crippen molar-refractivity contribution in [2.75, 3.05) is 19.6 Å². The van der Waals surface area contributed by atoms with Crippen LogP contribution in [0.2, 0.25) is 0 Å². The molecule has 1 atom stereocenters. The normalized spacial score (nSPS) is 18.7. The Morgan fingerprint density at radius 3 is 2.55 bits per heavy atom. The number of benzene rings is 1. The van der Waals surface area contributed by atoms with E-state index in [1.54, 1.807) is 0 Å². The second kappa shape index (κ2) is 7.44. The number of carbonyl (C=O) groups is 1. The van der Waals surface area contributed by atoms with Gasteiger partial charge in [-0.15, -0.1) is 0 Å². The van der Waals surface area contributed by atoms with Crippen LogP contribution in [0.1, 0.15) is 32.3 Å². The molecule has 3 heteroatoms. The predicted octanol–water partition coefficient (Wildman–Crippen LogP) is 2.47. The van der Waals surface area contributed by atoms with Crippen molar-refractivity contribution in [3.8, 4) is 0 Å². The molecule has 110 valence electrons. The zero-order valence-corrected chi connectivity index (χ0v) is 12.6. The Labute approximate surface area is 122 Å². The lowest BCUT2D eigenvalue weighted by Crippen LogP contribution is -2.48. The Bertz CT molecular complexity index is 410. The number of likely N-dealkylation sites (tertiary alicyclic amines) is 1. The Morgan fingerprint density at radius 1 is 1.30 bits per heavy atom. The summed E-state index contributed by atoms with van der Waals surface area (Å²) >= 11 is 0. The highest BCUT2D eigenvalue weighted by molar-refractivity contribution is 5.81. The van der Waals surface area contributed by atoms with Gasteiger partial charge >= 0.3 is 0 Å². The smallest absolute Gasteiger partial charge is 0.237 e. The SMILES string of the molecule is CCNC(=O)C(C)N1CCC(Cc2ccccc2)CC1. The molecule has 0 aliphatic carbocycles. The van der Waals surface area contributed by atoms with Crippen molar-refractivity contribution >= 4 is 5.91 Å². The van der Waals surface area contributed by atoms with Gasteiger partial charge in [-0.05, 0) is 57.7 Å². The summed E-state index contributed by atoms with van der Waals surface area (Å²) in [6.45, 7) is 6.78. The van der Waals surface area contributed by atoms with Crippen LogP contribution < -0.4 is 5.32 Å². The van der Waals surface area contributed by atoms with Crippen molar-refractivity contribution < 1.29 is 4.79 Å². The quantitative estimate of drug-likeness (QED) is 0.894. The van der Waals surface area contributed by atoms with E-state index in [4.69, 9.17) is 0 Å². The summed E-state index contributed by atoms with van der Waals surface area (Å²) in [5.41, 5.74) is 1.43. The fraction of sp³-hybridized carbons (Fsp3) is 0.588. The van der Waals surface area contributed by atoms with Crippen molar-refractivity contribution in [1.82, 2.24) is 10.2 Å². The largest absolute Gasteiger partial charge is 0.355 e. The van der Waals surface area contributed by atoms with Crippen LogP contribution in [0.5, 0.6) is 0 Å². The van der Waals surface area contributed by atoms with Gasteiger partial charge in [0.25, 0.3) is 0 Å². The molecule has 1 aromatic carbocycles. The van der Waals surface area contributed by atoms with Gasteiger partial charge in [0.2, 0.25) is 5.91 Å². The van der Waals surface area contributed by atoms with Gasteiger partial charge in [-0.2, -0.15) is 0 Å². The molecule has 1 aliphatic rings. The number of amides is 1. The van der Waals surface area contributed by atoms with Gasteiger partial charge in [0.15, 0.2) is 0 Å². The molecule has 1 unspecified atom stereocenters. The van der Waals surface area contributed by atoms with E-state index in [1.807, 2.05) is 13.8 Å². The molecule has 0 spiro atoms. The monoisotopic (exact) mass is 274 g/mol. The molecular weight excluding hydrogens is 248 g/mol. The number of likely N-dealkylation sites (N-methyl/N-ethyl adjacent to an activating group) is 1. The summed E-state index contributed by atoms with van der Waals surface area (Å²) in [6.07, 6.45) is 3.56. The average Bonchev–Trinajstić information content (AvgIpc) is 2.48. The van der Waals surface area contributed by atoms with Gasteiger partial charge in [-0.3, -0.25) is 9.69 Å². The lowest BCUT2D eigenvalue weighted by Gasteiger charge is -2.35. The van der Waals surface area contributed by atoms with Crippen LogP contribution in [0.4, 0.5) is 0 Å². The molecule has 0 bridgehead atoms. The first-order valence-electron chi connectivity index (χ1n) is 7.76. The predicted molar refractivity (Wildman–Crippen MR) is 82.6 cm³/mol. The number of hydrogen-bond acceptors (Lipinski definition) is 2. The van der Waals surface area contributed by atoms with E-state index >= 15 is 0 Å². The van der Waals surface area contributed by atoms with E-state index < -0.39 is 0 Å². The third-order valence-corrected chi connectivity index (χ3v) is 4.29. The maximum absolute atomic E-state index is 11.9. The van der Waals surface area contributed by atoms with Gasteiger partial charge < -0.3 is 5.32 Å². The van der Waals surface area contributed by atoms with E-state index in [9.17, 15) is 4.79 Å². The number of rotatable bonds is 5. The minimum absolute atomic E-state index is 0.00706. The topological polar surface area (TPSA) is 32.3 Å². The zero-order valence-electron chi connectivity index (χ0n) is 12.6. The number of carbonyl (C=O) groups excluding carboxylic acids is 1. The van der Waals surface area contributed by atoms with Crippen LogP contribution in [-0.2, 0) is 11.2 Å². The highest BCUT2D eigenvalue weighted by Gasteiger charge is 2.26. The number of piperidine rings is 1. The standard InChI is InChI=1S/C17H26N2O/c1-3-18-17(20)14(2)19-11-9-16(10-12-19)13-15-7-5-4-6-8-15/h4-8,14,16H,3,9-13H2,1-2H3,(H,18,20). The van der Waals surface area contributed by atoms with Gasteiger partial charge in [0.05, 0.1) is 6.04 Å². The van der Waals surface area contributed by atoms with Crippen molar-refractivity contribution in [3.05, 3.63) is 35.9 Å². The first kappa shape index (κ1) is 15.0. The van der Waals surface area contributed by atoms with Crippen LogP contribution in [0.25, 0.3) is 0 Å². The Hall–Kier alpha value is -1.35. The number of hydrogen-bond donors (Lipinski definition) is 1. The minimum Gasteiger partial charge on any atom is -0.355 e. The summed E-state index contributed by atoms with van der Waals surface area (Å²) in [5.74, 6) is 0.920. The summed E-state index contributed by atoms with van der Waals surface area (Å²) in [4.78, 5) is 14.2. The molecule has 1 aliphatic heterocycles. The molecule has 1 saturated heterocycles. The molecule has 1 N–H and O–H groups in total. The van der Waals surface area contributed by atoms with Crippen molar-refractivity contribution in [2.24, 2.45) is 5.92 Å². The maximum Gasteiger partial charge on any atom is 0.237 e. The molecule has 2 rings (SSSR count). The molecule has 0 radical (unpaired) electrons. The summed E-state index contributed by atoms with van der Waals surface area (Å²) in [6, 6.07) is 10.7. The van der Waals surface area contributed by atoms with Crippen molar-refractivity contribution in [1.29, 1.82) is 0 Å². The van der Waals surface area contributed by atoms with Gasteiger partial charge in [-0.1, -0.05) is 30.3 Å². The van der Waals surface area contributed by atoms with Crippen LogP contribution in [0, 0.1) is 5.92 Å². The lowest BCUT2D eigenvalue weighted by atomic mass is 9.89. The lowest BCUT2D eigenvalue weighted by molar-refractivity contribution is -0.126. The van der Waals surface area contributed by atoms with E-state index in [0.29, 0.717) is 6.54 Å². The summed E-state index contributed by atoms with van der Waals surface area (Å²) < 4.78 is 0. The molecule has 1 amide bonds. The minimum atomic E-state index is 0.00706. The third kappa shape index (κ3) is 4.07. The molecule has 20 heavy (non-hydrogen) atoms. The van der Waals surface area contributed by atoms with Gasteiger partial charge in [0.1, 0.15) is 0 Å². The summed E-state index contributed by atoms with van der Waals surface area (Å²) in [7, 11) is 0. The van der Waals surface area contributed by atoms with E-state index in [2.05, 4.69) is 40.5 Å². The highest BCUT2D eigenvalue weighted by atomic mass is 16.2. The first-order valence-corrected chi connectivity index (χ1v) is 7.76.